The fourth-order valence-corrected chi connectivity index (χ4v) is 5.21. The molecule has 1 rings (SSSR count). The molecule has 0 saturated heterocycles. The van der Waals surface area contributed by atoms with Crippen LogP contribution in [0.5, 0.6) is 5.75 Å². The number of nitrogens with one attached hydrogen (secondary N) is 1. The van der Waals surface area contributed by atoms with Gasteiger partial charge in [-0.2, -0.15) is 0 Å². The topological polar surface area (TPSA) is 111 Å². The van der Waals surface area contributed by atoms with Crippen LogP contribution in [0, 0.1) is 23.7 Å². The standard InChI is InChI=1S/C37H55F2NO7/c1-5-7-9-13-16-24-37(38,39)25-17-14-11-10-12-15-18-31(32(35(42)43)23-27-45-3)34(41)40-33(36(44)46-4)28-29-19-21-30(22-20-29)47-26-8-6-2/h15,18-22,31-33H,5,7,9-14,16-17,23-28H2,1-4H3,(H,40,41)(H,42,43)/b18-15+/t31-,32+,33?/m0/s1. The lowest BCUT2D eigenvalue weighted by molar-refractivity contribution is -0.148. The number of carboxylic acid groups (broad SMARTS) is 1. The zero-order valence-electron chi connectivity index (χ0n) is 28.7. The SMILES string of the molecule is CC#CCOc1ccc(CC(NC(=O)[C@@H](/C=C/CCCCCCC(F)(F)CCCCCCC)[C@@H](CCOC)C(=O)O)C(=O)OC)cc1. The maximum Gasteiger partial charge on any atom is 0.328 e. The van der Waals surface area contributed by atoms with Crippen molar-refractivity contribution in [2.24, 2.45) is 11.8 Å². The molecule has 0 bridgehead atoms. The maximum absolute atomic E-state index is 14.2. The highest BCUT2D eigenvalue weighted by molar-refractivity contribution is 5.90. The van der Waals surface area contributed by atoms with Gasteiger partial charge in [0.1, 0.15) is 18.4 Å². The number of benzene rings is 1. The minimum Gasteiger partial charge on any atom is -0.481 e. The smallest absolute Gasteiger partial charge is 0.328 e. The molecule has 0 aromatic heterocycles. The predicted molar refractivity (Wildman–Crippen MR) is 179 cm³/mol. The third-order valence-electron chi connectivity index (χ3n) is 7.99. The zero-order valence-corrected chi connectivity index (χ0v) is 28.7. The molecular weight excluding hydrogens is 608 g/mol. The molecule has 1 unspecified atom stereocenters. The summed E-state index contributed by atoms with van der Waals surface area (Å²) in [6, 6.07) is 5.96. The first kappa shape index (κ1) is 41.6. The van der Waals surface area contributed by atoms with Gasteiger partial charge < -0.3 is 24.6 Å². The maximum atomic E-state index is 14.2. The molecule has 0 aliphatic carbocycles. The minimum atomic E-state index is -2.62. The van der Waals surface area contributed by atoms with Gasteiger partial charge >= 0.3 is 11.9 Å². The molecule has 0 radical (unpaired) electrons. The number of aliphatic carboxylic acids is 1. The Bertz CT molecular complexity index is 1130. The van der Waals surface area contributed by atoms with Crippen LogP contribution >= 0.6 is 0 Å². The average Bonchev–Trinajstić information content (AvgIpc) is 3.04. The molecule has 8 nitrogen and oxygen atoms in total. The van der Waals surface area contributed by atoms with Crippen LogP contribution in [0.25, 0.3) is 0 Å². The number of esters is 1. The van der Waals surface area contributed by atoms with Gasteiger partial charge in [-0.25, -0.2) is 13.6 Å². The molecule has 0 saturated carbocycles. The highest BCUT2D eigenvalue weighted by atomic mass is 19.3. The lowest BCUT2D eigenvalue weighted by Gasteiger charge is -2.24. The Hall–Kier alpha value is -3.45. The Balaban J connectivity index is 2.80. The molecule has 1 aromatic carbocycles. The summed E-state index contributed by atoms with van der Waals surface area (Å²) in [6.45, 7) is 4.20. The number of carbonyl (C=O) groups is 3. The van der Waals surface area contributed by atoms with Crippen molar-refractivity contribution in [3.8, 4) is 17.6 Å². The molecule has 0 aliphatic rings. The van der Waals surface area contributed by atoms with Crippen molar-refractivity contribution in [3.05, 3.63) is 42.0 Å². The molecule has 3 atom stereocenters. The van der Waals surface area contributed by atoms with Crippen LogP contribution in [0.4, 0.5) is 8.78 Å². The summed E-state index contributed by atoms with van der Waals surface area (Å²) in [5, 5.41) is 12.7. The van der Waals surface area contributed by atoms with E-state index in [1.54, 1.807) is 43.3 Å². The number of ether oxygens (including phenoxy) is 3. The van der Waals surface area contributed by atoms with Gasteiger partial charge in [-0.1, -0.05) is 75.7 Å². The minimum absolute atomic E-state index is 0.0517. The summed E-state index contributed by atoms with van der Waals surface area (Å²) in [4.78, 5) is 38.4. The van der Waals surface area contributed by atoms with Gasteiger partial charge in [0.05, 0.1) is 18.9 Å². The highest BCUT2D eigenvalue weighted by Gasteiger charge is 2.34. The van der Waals surface area contributed by atoms with Crippen LogP contribution in [0.3, 0.4) is 0 Å². The molecule has 1 aromatic rings. The van der Waals surface area contributed by atoms with Crippen molar-refractivity contribution in [2.75, 3.05) is 27.4 Å². The summed E-state index contributed by atoms with van der Waals surface area (Å²) >= 11 is 0. The summed E-state index contributed by atoms with van der Waals surface area (Å²) in [5.41, 5.74) is 0.737. The van der Waals surface area contributed by atoms with E-state index in [0.717, 1.165) is 44.1 Å². The van der Waals surface area contributed by atoms with E-state index in [2.05, 4.69) is 24.1 Å². The first-order valence-corrected chi connectivity index (χ1v) is 16.8. The van der Waals surface area contributed by atoms with E-state index in [1.165, 1.54) is 14.2 Å². The number of methoxy groups -OCH3 is 2. The van der Waals surface area contributed by atoms with E-state index < -0.39 is 41.6 Å². The first-order valence-electron chi connectivity index (χ1n) is 16.8. The summed E-state index contributed by atoms with van der Waals surface area (Å²) < 4.78 is 43.9. The number of hydrogen-bond donors (Lipinski definition) is 2. The third kappa shape index (κ3) is 18.5. The highest BCUT2D eigenvalue weighted by Crippen LogP contribution is 2.28. The molecule has 264 valence electrons. The van der Waals surface area contributed by atoms with Crippen molar-refractivity contribution in [1.82, 2.24) is 5.32 Å². The van der Waals surface area contributed by atoms with Gasteiger partial charge in [-0.05, 0) is 56.7 Å². The van der Waals surface area contributed by atoms with E-state index >= 15 is 0 Å². The molecule has 10 heteroatoms. The number of amides is 1. The summed E-state index contributed by atoms with van der Waals surface area (Å²) in [6.07, 6.45) is 11.1. The Morgan fingerprint density at radius 3 is 2.19 bits per heavy atom. The molecule has 0 aliphatic heterocycles. The molecule has 0 heterocycles. The Kier molecular flexibility index (Phi) is 21.8. The number of rotatable bonds is 26. The molecule has 2 N–H and O–H groups in total. The van der Waals surface area contributed by atoms with Gasteiger partial charge in [0.2, 0.25) is 11.8 Å². The van der Waals surface area contributed by atoms with Crippen LogP contribution in [0.2, 0.25) is 0 Å². The molecule has 47 heavy (non-hydrogen) atoms. The molecule has 0 fully saturated rings. The second-order valence-corrected chi connectivity index (χ2v) is 11.8. The van der Waals surface area contributed by atoms with Gasteiger partial charge in [0.25, 0.3) is 0 Å². The number of hydrogen-bond acceptors (Lipinski definition) is 6. The van der Waals surface area contributed by atoms with E-state index in [9.17, 15) is 28.3 Å². The monoisotopic (exact) mass is 663 g/mol. The Labute approximate surface area is 280 Å². The van der Waals surface area contributed by atoms with Gasteiger partial charge in [0, 0.05) is 33.0 Å². The number of allylic oxidation sites excluding steroid dienone is 1. The van der Waals surface area contributed by atoms with Crippen molar-refractivity contribution < 1.29 is 42.5 Å². The number of alkyl halides is 2. The van der Waals surface area contributed by atoms with E-state index in [0.29, 0.717) is 31.4 Å². The fraction of sp³-hybridized carbons (Fsp3) is 0.649. The summed E-state index contributed by atoms with van der Waals surface area (Å²) in [5.74, 6) is -1.04. The largest absolute Gasteiger partial charge is 0.481 e. The van der Waals surface area contributed by atoms with Crippen LogP contribution in [-0.2, 0) is 30.3 Å². The zero-order chi connectivity index (χ0) is 34.9. The third-order valence-corrected chi connectivity index (χ3v) is 7.99. The number of carbonyl (C=O) groups excluding carboxylic acids is 2. The fourth-order valence-electron chi connectivity index (χ4n) is 5.21. The molecule has 0 spiro atoms. The Morgan fingerprint density at radius 2 is 1.62 bits per heavy atom. The number of halogens is 2. The molecule has 1 amide bonds. The first-order chi connectivity index (χ1) is 22.6. The quantitative estimate of drug-likeness (QED) is 0.0456. The van der Waals surface area contributed by atoms with Crippen molar-refractivity contribution in [1.29, 1.82) is 0 Å². The lowest BCUT2D eigenvalue weighted by atomic mass is 9.87. The van der Waals surface area contributed by atoms with E-state index in [4.69, 9.17) is 14.2 Å². The van der Waals surface area contributed by atoms with E-state index in [-0.39, 0.29) is 38.9 Å². The van der Waals surface area contributed by atoms with Crippen LogP contribution in [0.15, 0.2) is 36.4 Å². The van der Waals surface area contributed by atoms with E-state index in [1.807, 2.05) is 0 Å². The second-order valence-electron chi connectivity index (χ2n) is 11.8. The van der Waals surface area contributed by atoms with Gasteiger partial charge in [-0.3, -0.25) is 9.59 Å². The number of unbranched alkanes of at least 4 members (excludes halogenated alkanes) is 8. The second kappa shape index (κ2) is 24.7. The number of carboxylic acids is 1. The van der Waals surface area contributed by atoms with Gasteiger partial charge in [0.15, 0.2) is 0 Å². The van der Waals surface area contributed by atoms with Crippen molar-refractivity contribution in [2.45, 2.75) is 116 Å². The molecular formula is C37H55F2NO7. The van der Waals surface area contributed by atoms with Crippen molar-refractivity contribution >= 4 is 17.8 Å². The normalized spacial score (nSPS) is 13.3. The van der Waals surface area contributed by atoms with Gasteiger partial charge in [-0.15, -0.1) is 5.92 Å². The Morgan fingerprint density at radius 1 is 0.979 bits per heavy atom. The predicted octanol–water partition coefficient (Wildman–Crippen LogP) is 7.54. The lowest BCUT2D eigenvalue weighted by Crippen LogP contribution is -2.47. The van der Waals surface area contributed by atoms with Crippen LogP contribution < -0.4 is 10.1 Å². The van der Waals surface area contributed by atoms with Crippen molar-refractivity contribution in [3.63, 3.8) is 0 Å². The summed E-state index contributed by atoms with van der Waals surface area (Å²) in [7, 11) is 2.67. The van der Waals surface area contributed by atoms with Crippen LogP contribution in [-0.4, -0.2) is 62.4 Å². The van der Waals surface area contributed by atoms with Crippen LogP contribution in [0.1, 0.15) is 103 Å². The average molecular weight is 664 g/mol.